The molecule has 0 saturated carbocycles. The Bertz CT molecular complexity index is 947. The second-order valence-electron chi connectivity index (χ2n) is 6.46. The average molecular weight is 491 g/mol. The molecule has 0 spiro atoms. The molecular formula is C22H23BrN2O4S. The number of aryl methyl sites for hydroxylation is 1. The van der Waals surface area contributed by atoms with E-state index in [-0.39, 0.29) is 18.0 Å². The number of carbonyl (C=O) groups is 2. The lowest BCUT2D eigenvalue weighted by Crippen LogP contribution is -2.30. The van der Waals surface area contributed by atoms with Gasteiger partial charge in [0.05, 0.1) is 16.0 Å². The highest BCUT2D eigenvalue weighted by Crippen LogP contribution is 2.32. The monoisotopic (exact) mass is 490 g/mol. The van der Waals surface area contributed by atoms with Gasteiger partial charge >= 0.3 is 5.97 Å². The molecule has 1 amide bonds. The van der Waals surface area contributed by atoms with Crippen molar-refractivity contribution < 1.29 is 19.1 Å². The second-order valence-corrected chi connectivity index (χ2v) is 8.46. The summed E-state index contributed by atoms with van der Waals surface area (Å²) in [5.74, 6) is -0.0114. The minimum atomic E-state index is -0.419. The molecule has 0 radical (unpaired) electrons. The van der Waals surface area contributed by atoms with Crippen molar-refractivity contribution in [1.29, 1.82) is 0 Å². The molecule has 1 aliphatic rings. The van der Waals surface area contributed by atoms with E-state index in [1.807, 2.05) is 30.3 Å². The summed E-state index contributed by atoms with van der Waals surface area (Å²) < 4.78 is 11.0. The highest BCUT2D eigenvalue weighted by molar-refractivity contribution is 9.10. The van der Waals surface area contributed by atoms with Crippen LogP contribution in [0.3, 0.4) is 0 Å². The number of hydrogen-bond donors (Lipinski definition) is 2. The number of amides is 1. The van der Waals surface area contributed by atoms with Gasteiger partial charge in [-0.25, -0.2) is 4.79 Å². The Morgan fingerprint density at radius 3 is 2.67 bits per heavy atom. The fourth-order valence-electron chi connectivity index (χ4n) is 2.77. The molecule has 3 rings (SSSR count). The van der Waals surface area contributed by atoms with Gasteiger partial charge < -0.3 is 20.1 Å². The van der Waals surface area contributed by atoms with Crippen molar-refractivity contribution in [2.45, 2.75) is 25.8 Å². The summed E-state index contributed by atoms with van der Waals surface area (Å²) in [5.41, 5.74) is 2.84. The van der Waals surface area contributed by atoms with Crippen LogP contribution < -0.4 is 15.4 Å². The molecule has 1 heterocycles. The molecule has 1 saturated heterocycles. The van der Waals surface area contributed by atoms with Crippen LogP contribution >= 0.6 is 27.7 Å². The molecule has 30 heavy (non-hydrogen) atoms. The summed E-state index contributed by atoms with van der Waals surface area (Å²) in [5, 5.41) is 6.24. The minimum absolute atomic E-state index is 0.124. The van der Waals surface area contributed by atoms with E-state index < -0.39 is 5.97 Å². The minimum Gasteiger partial charge on any atom is -0.481 e. The normalized spacial score (nSPS) is 17.0. The smallest absolute Gasteiger partial charge is 0.344 e. The number of nitrogens with one attached hydrogen (secondary N) is 2. The Morgan fingerprint density at radius 1 is 1.23 bits per heavy atom. The van der Waals surface area contributed by atoms with Crippen molar-refractivity contribution >= 4 is 51.3 Å². The summed E-state index contributed by atoms with van der Waals surface area (Å²) in [6.45, 7) is 4.02. The summed E-state index contributed by atoms with van der Waals surface area (Å²) in [4.78, 5) is 24.4. The van der Waals surface area contributed by atoms with Crippen LogP contribution in [0, 0.1) is 0 Å². The molecule has 0 unspecified atom stereocenters. The second kappa shape index (κ2) is 10.5. The van der Waals surface area contributed by atoms with Crippen LogP contribution in [0.2, 0.25) is 0 Å². The lowest BCUT2D eigenvalue weighted by Gasteiger charge is -2.12. The zero-order valence-electron chi connectivity index (χ0n) is 16.7. The Balaban J connectivity index is 1.62. The van der Waals surface area contributed by atoms with Crippen molar-refractivity contribution in [2.24, 2.45) is 0 Å². The van der Waals surface area contributed by atoms with Gasteiger partial charge in [0.2, 0.25) is 0 Å². The van der Waals surface area contributed by atoms with Crippen LogP contribution in [0.15, 0.2) is 51.8 Å². The number of rotatable bonds is 8. The van der Waals surface area contributed by atoms with Crippen LogP contribution in [0.5, 0.6) is 5.75 Å². The lowest BCUT2D eigenvalue weighted by molar-refractivity contribution is -0.145. The van der Waals surface area contributed by atoms with Gasteiger partial charge in [-0.3, -0.25) is 4.79 Å². The van der Waals surface area contributed by atoms with Gasteiger partial charge in [-0.1, -0.05) is 36.9 Å². The summed E-state index contributed by atoms with van der Waals surface area (Å²) >= 11 is 4.87. The SMILES string of the molecule is CCOC(=O)COc1ccc(/C=C2\S[C@@H](Nc3ccc(CC)cc3)NC2=O)cc1Br. The maximum absolute atomic E-state index is 12.3. The van der Waals surface area contributed by atoms with Crippen LogP contribution in [0.1, 0.15) is 25.0 Å². The molecule has 2 N–H and O–H groups in total. The fourth-order valence-corrected chi connectivity index (χ4v) is 4.26. The van der Waals surface area contributed by atoms with E-state index >= 15 is 0 Å². The van der Waals surface area contributed by atoms with Crippen LogP contribution in [0.4, 0.5) is 5.69 Å². The van der Waals surface area contributed by atoms with E-state index in [0.29, 0.717) is 21.7 Å². The predicted molar refractivity (Wildman–Crippen MR) is 123 cm³/mol. The molecule has 0 bridgehead atoms. The molecule has 1 aliphatic heterocycles. The van der Waals surface area contributed by atoms with Gasteiger partial charge in [0.15, 0.2) is 12.1 Å². The third-order valence-electron chi connectivity index (χ3n) is 4.30. The van der Waals surface area contributed by atoms with Crippen molar-refractivity contribution in [3.8, 4) is 5.75 Å². The van der Waals surface area contributed by atoms with Crippen LogP contribution in [0.25, 0.3) is 6.08 Å². The van der Waals surface area contributed by atoms with Crippen molar-refractivity contribution in [3.63, 3.8) is 0 Å². The first-order valence-electron chi connectivity index (χ1n) is 9.61. The number of benzene rings is 2. The van der Waals surface area contributed by atoms with E-state index in [0.717, 1.165) is 17.7 Å². The van der Waals surface area contributed by atoms with E-state index in [1.165, 1.54) is 17.3 Å². The first-order valence-corrected chi connectivity index (χ1v) is 11.3. The predicted octanol–water partition coefficient (Wildman–Crippen LogP) is 4.55. The third-order valence-corrected chi connectivity index (χ3v) is 5.94. The number of anilines is 1. The van der Waals surface area contributed by atoms with Gasteiger partial charge in [0, 0.05) is 5.69 Å². The van der Waals surface area contributed by atoms with E-state index in [2.05, 4.69) is 45.6 Å². The molecule has 2 aromatic carbocycles. The van der Waals surface area contributed by atoms with Gasteiger partial charge in [-0.05, 0) is 70.7 Å². The van der Waals surface area contributed by atoms with Gasteiger partial charge in [-0.15, -0.1) is 0 Å². The number of thioether (sulfide) groups is 1. The molecule has 0 aliphatic carbocycles. The number of esters is 1. The average Bonchev–Trinajstić information content (AvgIpc) is 3.07. The fraction of sp³-hybridized carbons (Fsp3) is 0.273. The van der Waals surface area contributed by atoms with Gasteiger partial charge in [0.1, 0.15) is 5.75 Å². The zero-order chi connectivity index (χ0) is 21.5. The summed E-state index contributed by atoms with van der Waals surface area (Å²) in [7, 11) is 0. The molecule has 158 valence electrons. The Kier molecular flexibility index (Phi) is 7.81. The largest absolute Gasteiger partial charge is 0.481 e. The Morgan fingerprint density at radius 2 is 2.00 bits per heavy atom. The third kappa shape index (κ3) is 6.03. The molecule has 0 aromatic heterocycles. The van der Waals surface area contributed by atoms with Crippen LogP contribution in [-0.4, -0.2) is 30.6 Å². The molecule has 8 heteroatoms. The number of carbonyl (C=O) groups excluding carboxylic acids is 2. The highest BCUT2D eigenvalue weighted by atomic mass is 79.9. The molecule has 6 nitrogen and oxygen atoms in total. The lowest BCUT2D eigenvalue weighted by atomic mass is 10.1. The highest BCUT2D eigenvalue weighted by Gasteiger charge is 2.27. The van der Waals surface area contributed by atoms with Crippen molar-refractivity contribution in [1.82, 2.24) is 5.32 Å². The van der Waals surface area contributed by atoms with E-state index in [1.54, 1.807) is 13.0 Å². The van der Waals surface area contributed by atoms with Gasteiger partial charge in [-0.2, -0.15) is 0 Å². The number of hydrogen-bond acceptors (Lipinski definition) is 6. The quantitative estimate of drug-likeness (QED) is 0.417. The van der Waals surface area contributed by atoms with Crippen molar-refractivity contribution in [3.05, 3.63) is 63.0 Å². The Hall–Kier alpha value is -2.45. The number of ether oxygens (including phenoxy) is 2. The van der Waals surface area contributed by atoms with Crippen LogP contribution in [-0.2, 0) is 20.7 Å². The van der Waals surface area contributed by atoms with Gasteiger partial charge in [0.25, 0.3) is 5.91 Å². The van der Waals surface area contributed by atoms with Crippen molar-refractivity contribution in [2.75, 3.05) is 18.5 Å². The summed E-state index contributed by atoms with van der Waals surface area (Å²) in [6.07, 6.45) is 2.81. The first-order chi connectivity index (χ1) is 14.5. The number of halogens is 1. The zero-order valence-corrected chi connectivity index (χ0v) is 19.1. The molecule has 1 atom stereocenters. The Labute approximate surface area is 188 Å². The maximum Gasteiger partial charge on any atom is 0.344 e. The standard InChI is InChI=1S/C22H23BrN2O4S/c1-3-14-5-8-16(9-6-14)24-22-25-21(27)19(30-22)12-15-7-10-18(17(23)11-15)29-13-20(26)28-4-2/h5-12,22,24H,3-4,13H2,1-2H3,(H,25,27)/b19-12-/t22-/m0/s1. The summed E-state index contributed by atoms with van der Waals surface area (Å²) in [6, 6.07) is 13.6. The first kappa shape index (κ1) is 22.2. The maximum atomic E-state index is 12.3. The van der Waals surface area contributed by atoms with E-state index in [4.69, 9.17) is 9.47 Å². The van der Waals surface area contributed by atoms with E-state index in [9.17, 15) is 9.59 Å². The molecule has 1 fully saturated rings. The molecular weight excluding hydrogens is 468 g/mol. The molecule has 2 aromatic rings. The topological polar surface area (TPSA) is 76.7 Å².